The Kier molecular flexibility index (Phi) is 3.35. The maximum absolute atomic E-state index is 13.9. The van der Waals surface area contributed by atoms with Crippen molar-refractivity contribution in [3.05, 3.63) is 34.9 Å². The van der Waals surface area contributed by atoms with Crippen molar-refractivity contribution < 1.29 is 14.3 Å². The van der Waals surface area contributed by atoms with E-state index in [0.717, 1.165) is 0 Å². The molecule has 0 heterocycles. The fourth-order valence-electron chi connectivity index (χ4n) is 1.19. The Bertz CT molecular complexity index is 377. The van der Waals surface area contributed by atoms with Crippen molar-refractivity contribution >= 4 is 17.6 Å². The van der Waals surface area contributed by atoms with E-state index in [1.54, 1.807) is 12.1 Å². The van der Waals surface area contributed by atoms with E-state index in [1.165, 1.54) is 26.0 Å². The predicted octanol–water partition coefficient (Wildman–Crippen LogP) is 3.46. The summed E-state index contributed by atoms with van der Waals surface area (Å²) >= 11 is 5.70. The first kappa shape index (κ1) is 12.0. The fourth-order valence-corrected chi connectivity index (χ4v) is 1.39. The molecule has 0 radical (unpaired) electrons. The molecule has 1 atom stereocenters. The molecule has 1 N–H and O–H groups in total. The molecule has 0 aliphatic carbocycles. The molecule has 82 valence electrons. The van der Waals surface area contributed by atoms with Gasteiger partial charge in [-0.3, -0.25) is 4.79 Å². The lowest BCUT2D eigenvalue weighted by Gasteiger charge is -2.24. The van der Waals surface area contributed by atoms with Crippen molar-refractivity contribution in [2.75, 3.05) is 0 Å². The number of halogens is 2. The number of aliphatic carboxylic acids is 1. The molecule has 0 aliphatic heterocycles. The zero-order chi connectivity index (χ0) is 11.6. The number of alkyl halides is 1. The minimum Gasteiger partial charge on any atom is -0.481 e. The quantitative estimate of drug-likeness (QED) is 0.864. The van der Waals surface area contributed by atoms with Gasteiger partial charge in [-0.05, 0) is 31.5 Å². The molecule has 0 spiro atoms. The summed E-state index contributed by atoms with van der Waals surface area (Å²) in [7, 11) is 0. The lowest BCUT2D eigenvalue weighted by atomic mass is 9.84. The first-order valence-electron chi connectivity index (χ1n) is 4.48. The molecule has 4 heteroatoms. The van der Waals surface area contributed by atoms with Crippen molar-refractivity contribution in [1.29, 1.82) is 0 Å². The monoisotopic (exact) mass is 230 g/mol. The van der Waals surface area contributed by atoms with Crippen molar-refractivity contribution in [3.63, 3.8) is 0 Å². The number of carbonyl (C=O) groups is 1. The summed E-state index contributed by atoms with van der Waals surface area (Å²) in [6.07, 6.45) is -1.58. The Balaban J connectivity index is 3.04. The zero-order valence-electron chi connectivity index (χ0n) is 8.50. The van der Waals surface area contributed by atoms with Crippen LogP contribution in [-0.4, -0.2) is 11.1 Å². The van der Waals surface area contributed by atoms with Gasteiger partial charge in [0.05, 0.1) is 5.41 Å². The number of rotatable bonds is 3. The van der Waals surface area contributed by atoms with Gasteiger partial charge >= 0.3 is 5.97 Å². The second kappa shape index (κ2) is 4.19. The van der Waals surface area contributed by atoms with Crippen molar-refractivity contribution in [2.45, 2.75) is 20.0 Å². The maximum atomic E-state index is 13.9. The highest BCUT2D eigenvalue weighted by atomic mass is 35.5. The van der Waals surface area contributed by atoms with Crippen LogP contribution in [0.25, 0.3) is 0 Å². The van der Waals surface area contributed by atoms with E-state index >= 15 is 0 Å². The molecule has 0 bridgehead atoms. The lowest BCUT2D eigenvalue weighted by molar-refractivity contribution is -0.150. The van der Waals surface area contributed by atoms with Crippen LogP contribution in [0, 0.1) is 5.41 Å². The van der Waals surface area contributed by atoms with E-state index in [-0.39, 0.29) is 5.56 Å². The van der Waals surface area contributed by atoms with Gasteiger partial charge < -0.3 is 5.11 Å². The first-order valence-corrected chi connectivity index (χ1v) is 4.86. The summed E-state index contributed by atoms with van der Waals surface area (Å²) < 4.78 is 13.9. The van der Waals surface area contributed by atoms with Crippen LogP contribution in [0.3, 0.4) is 0 Å². The average molecular weight is 231 g/mol. The van der Waals surface area contributed by atoms with Crippen molar-refractivity contribution in [2.24, 2.45) is 5.41 Å². The lowest BCUT2D eigenvalue weighted by Crippen LogP contribution is -2.29. The Morgan fingerprint density at radius 1 is 1.53 bits per heavy atom. The second-order valence-corrected chi connectivity index (χ2v) is 4.38. The SMILES string of the molecule is CC(C)(C(=O)O)C(F)c1cccc(Cl)c1. The number of hydrogen-bond donors (Lipinski definition) is 1. The molecule has 1 unspecified atom stereocenters. The summed E-state index contributed by atoms with van der Waals surface area (Å²) in [6, 6.07) is 6.19. The van der Waals surface area contributed by atoms with Crippen LogP contribution in [0.1, 0.15) is 25.6 Å². The van der Waals surface area contributed by atoms with Gasteiger partial charge in [0.25, 0.3) is 0 Å². The molecule has 0 amide bonds. The third-order valence-electron chi connectivity index (χ3n) is 2.33. The number of carboxylic acids is 1. The van der Waals surface area contributed by atoms with Crippen molar-refractivity contribution in [1.82, 2.24) is 0 Å². The van der Waals surface area contributed by atoms with Crippen LogP contribution in [0.5, 0.6) is 0 Å². The molecule has 2 nitrogen and oxygen atoms in total. The van der Waals surface area contributed by atoms with Gasteiger partial charge in [-0.25, -0.2) is 4.39 Å². The highest BCUT2D eigenvalue weighted by Gasteiger charge is 2.38. The molecular formula is C11H12ClFO2. The van der Waals surface area contributed by atoms with E-state index in [9.17, 15) is 9.18 Å². The predicted molar refractivity (Wildman–Crippen MR) is 56.7 cm³/mol. The van der Waals surface area contributed by atoms with E-state index in [4.69, 9.17) is 16.7 Å². The van der Waals surface area contributed by atoms with E-state index in [1.807, 2.05) is 0 Å². The van der Waals surface area contributed by atoms with Crippen LogP contribution in [-0.2, 0) is 4.79 Å². The molecular weight excluding hydrogens is 219 g/mol. The minimum atomic E-state index is -1.58. The van der Waals surface area contributed by atoms with Gasteiger partial charge in [0.15, 0.2) is 0 Å². The Hall–Kier alpha value is -1.09. The number of hydrogen-bond acceptors (Lipinski definition) is 1. The van der Waals surface area contributed by atoms with Gasteiger partial charge in [-0.2, -0.15) is 0 Å². The minimum absolute atomic E-state index is 0.287. The molecule has 1 aromatic rings. The second-order valence-electron chi connectivity index (χ2n) is 3.94. The van der Waals surface area contributed by atoms with Gasteiger partial charge in [-0.1, -0.05) is 23.7 Å². The van der Waals surface area contributed by atoms with Crippen LogP contribution in [0.2, 0.25) is 5.02 Å². The summed E-state index contributed by atoms with van der Waals surface area (Å²) in [6.45, 7) is 2.70. The van der Waals surface area contributed by atoms with Crippen LogP contribution < -0.4 is 0 Å². The van der Waals surface area contributed by atoms with E-state index in [2.05, 4.69) is 0 Å². The average Bonchev–Trinajstić information content (AvgIpc) is 2.16. The third-order valence-corrected chi connectivity index (χ3v) is 2.56. The largest absolute Gasteiger partial charge is 0.481 e. The standard InChI is InChI=1S/C11H12ClFO2/c1-11(2,10(14)15)9(13)7-4-3-5-8(12)6-7/h3-6,9H,1-2H3,(H,14,15). The summed E-state index contributed by atoms with van der Waals surface area (Å²) in [5.74, 6) is -1.17. The Morgan fingerprint density at radius 3 is 2.60 bits per heavy atom. The van der Waals surface area contributed by atoms with Crippen LogP contribution in [0.4, 0.5) is 4.39 Å². The molecule has 1 rings (SSSR count). The van der Waals surface area contributed by atoms with Gasteiger partial charge in [0.1, 0.15) is 6.17 Å². The maximum Gasteiger partial charge on any atom is 0.312 e. The molecule has 0 aromatic heterocycles. The topological polar surface area (TPSA) is 37.3 Å². The van der Waals surface area contributed by atoms with Crippen LogP contribution >= 0.6 is 11.6 Å². The molecule has 0 saturated carbocycles. The number of carboxylic acid groups (broad SMARTS) is 1. The summed E-state index contributed by atoms with van der Waals surface area (Å²) in [5.41, 5.74) is -1.17. The number of benzene rings is 1. The molecule has 1 aromatic carbocycles. The Morgan fingerprint density at radius 2 is 2.13 bits per heavy atom. The van der Waals surface area contributed by atoms with Crippen LogP contribution in [0.15, 0.2) is 24.3 Å². The van der Waals surface area contributed by atoms with Gasteiger partial charge in [0.2, 0.25) is 0 Å². The van der Waals surface area contributed by atoms with E-state index < -0.39 is 17.6 Å². The smallest absolute Gasteiger partial charge is 0.312 e. The zero-order valence-corrected chi connectivity index (χ0v) is 9.25. The normalized spacial score (nSPS) is 13.6. The summed E-state index contributed by atoms with van der Waals surface area (Å²) in [4.78, 5) is 10.8. The van der Waals surface area contributed by atoms with Crippen molar-refractivity contribution in [3.8, 4) is 0 Å². The third kappa shape index (κ3) is 2.48. The molecule has 0 aliphatic rings. The first-order chi connectivity index (χ1) is 6.85. The molecule has 15 heavy (non-hydrogen) atoms. The Labute approximate surface area is 92.7 Å². The highest BCUT2D eigenvalue weighted by Crippen LogP contribution is 2.37. The fraction of sp³-hybridized carbons (Fsp3) is 0.364. The van der Waals surface area contributed by atoms with E-state index in [0.29, 0.717) is 5.02 Å². The highest BCUT2D eigenvalue weighted by molar-refractivity contribution is 6.30. The molecule has 0 saturated heterocycles. The van der Waals surface area contributed by atoms with Gasteiger partial charge in [0, 0.05) is 5.02 Å². The molecule has 0 fully saturated rings. The van der Waals surface area contributed by atoms with Gasteiger partial charge in [-0.15, -0.1) is 0 Å². The summed E-state index contributed by atoms with van der Waals surface area (Å²) in [5, 5.41) is 9.27.